The second-order valence-corrected chi connectivity index (χ2v) is 3.22. The van der Waals surface area contributed by atoms with Gasteiger partial charge in [-0.25, -0.2) is 0 Å². The summed E-state index contributed by atoms with van der Waals surface area (Å²) in [5, 5.41) is 4.93. The van der Waals surface area contributed by atoms with Gasteiger partial charge in [-0.15, -0.1) is 0 Å². The summed E-state index contributed by atoms with van der Waals surface area (Å²) in [5.74, 6) is 0. The van der Waals surface area contributed by atoms with Crippen LogP contribution < -0.4 is 5.32 Å². The zero-order chi connectivity index (χ0) is 10.3. The van der Waals surface area contributed by atoms with Crippen molar-refractivity contribution in [2.45, 2.75) is 19.9 Å². The van der Waals surface area contributed by atoms with Crippen LogP contribution in [0.5, 0.6) is 0 Å². The van der Waals surface area contributed by atoms with Gasteiger partial charge in [-0.1, -0.05) is 12.7 Å². The van der Waals surface area contributed by atoms with E-state index >= 15 is 0 Å². The Morgan fingerprint density at radius 1 is 1.62 bits per heavy atom. The third-order valence-electron chi connectivity index (χ3n) is 1.47. The second-order valence-electron chi connectivity index (χ2n) is 3.22. The maximum Gasteiger partial charge on any atom is 0.0575 e. The maximum absolute atomic E-state index is 4.95. The van der Waals surface area contributed by atoms with E-state index < -0.39 is 0 Å². The summed E-state index contributed by atoms with van der Waals surface area (Å²) in [6, 6.07) is 0.428. The smallest absolute Gasteiger partial charge is 0.0575 e. The molecule has 0 aromatic rings. The molecule has 0 rings (SSSR count). The van der Waals surface area contributed by atoms with Gasteiger partial charge in [-0.2, -0.15) is 5.06 Å². The van der Waals surface area contributed by atoms with E-state index in [1.54, 1.807) is 12.2 Å². The topological polar surface area (TPSA) is 24.5 Å². The molecular weight excluding hydrogens is 164 g/mol. The van der Waals surface area contributed by atoms with Crippen molar-refractivity contribution < 1.29 is 4.84 Å². The van der Waals surface area contributed by atoms with Gasteiger partial charge >= 0.3 is 0 Å². The normalized spacial score (nSPS) is 11.5. The van der Waals surface area contributed by atoms with Gasteiger partial charge in [-0.05, 0) is 19.9 Å². The molecule has 0 aromatic heterocycles. The highest BCUT2D eigenvalue weighted by molar-refractivity contribution is 5.12. The average molecular weight is 184 g/mol. The quantitative estimate of drug-likeness (QED) is 0.500. The van der Waals surface area contributed by atoms with Crippen molar-refractivity contribution in [3.05, 3.63) is 24.4 Å². The van der Waals surface area contributed by atoms with E-state index in [1.165, 1.54) is 0 Å². The van der Waals surface area contributed by atoms with Gasteiger partial charge in [0.05, 0.1) is 7.11 Å². The lowest BCUT2D eigenvalue weighted by atomic mass is 10.3. The Hall–Kier alpha value is -0.800. The molecule has 0 atom stereocenters. The summed E-state index contributed by atoms with van der Waals surface area (Å²) in [5.41, 5.74) is 0.930. The first kappa shape index (κ1) is 12.2. The molecule has 0 radical (unpaired) electrons. The Morgan fingerprint density at radius 3 is 2.69 bits per heavy atom. The van der Waals surface area contributed by atoms with Crippen molar-refractivity contribution >= 4 is 0 Å². The highest BCUT2D eigenvalue weighted by Crippen LogP contribution is 1.91. The van der Waals surface area contributed by atoms with Crippen LogP contribution in [0.4, 0.5) is 0 Å². The summed E-state index contributed by atoms with van der Waals surface area (Å²) < 4.78 is 0. The minimum Gasteiger partial charge on any atom is -0.383 e. The van der Waals surface area contributed by atoms with E-state index in [9.17, 15) is 0 Å². The fourth-order valence-corrected chi connectivity index (χ4v) is 0.837. The van der Waals surface area contributed by atoms with Gasteiger partial charge in [0.25, 0.3) is 0 Å². The number of rotatable bonds is 6. The van der Waals surface area contributed by atoms with E-state index in [2.05, 4.69) is 25.7 Å². The van der Waals surface area contributed by atoms with Crippen LogP contribution in [0.1, 0.15) is 13.8 Å². The fraction of sp³-hybridized carbons (Fsp3) is 0.600. The van der Waals surface area contributed by atoms with Gasteiger partial charge < -0.3 is 10.2 Å². The van der Waals surface area contributed by atoms with E-state index in [0.717, 1.165) is 12.2 Å². The summed E-state index contributed by atoms with van der Waals surface area (Å²) in [6.07, 6.45) is 3.96. The number of allylic oxidation sites excluding steroid dienone is 1. The first-order valence-electron chi connectivity index (χ1n) is 4.43. The number of nitrogens with one attached hydrogen (secondary N) is 1. The molecule has 0 bridgehead atoms. The SMILES string of the molecule is C=C(/C=C/CN(C)OC)NC(C)C. The summed E-state index contributed by atoms with van der Waals surface area (Å²) in [4.78, 5) is 4.95. The van der Waals surface area contributed by atoms with Crippen LogP contribution in [-0.2, 0) is 4.84 Å². The van der Waals surface area contributed by atoms with Crippen molar-refractivity contribution in [3.8, 4) is 0 Å². The standard InChI is InChI=1S/C10H20N2O/c1-9(2)11-10(3)7-6-8-12(4)13-5/h6-7,9,11H,3,8H2,1-2,4-5H3/b7-6+. The van der Waals surface area contributed by atoms with Crippen molar-refractivity contribution in [1.29, 1.82) is 0 Å². The van der Waals surface area contributed by atoms with E-state index in [1.807, 2.05) is 19.2 Å². The van der Waals surface area contributed by atoms with Crippen LogP contribution in [0.3, 0.4) is 0 Å². The molecule has 0 fully saturated rings. The van der Waals surface area contributed by atoms with Crippen molar-refractivity contribution in [3.63, 3.8) is 0 Å². The lowest BCUT2D eigenvalue weighted by molar-refractivity contribution is -0.0992. The Labute approximate surface area is 81.0 Å². The van der Waals surface area contributed by atoms with Gasteiger partial charge in [0, 0.05) is 25.3 Å². The monoisotopic (exact) mass is 184 g/mol. The second kappa shape index (κ2) is 6.69. The Kier molecular flexibility index (Phi) is 6.28. The number of hydroxylamine groups is 2. The summed E-state index contributed by atoms with van der Waals surface area (Å²) in [7, 11) is 3.53. The molecule has 13 heavy (non-hydrogen) atoms. The predicted molar refractivity (Wildman–Crippen MR) is 56.2 cm³/mol. The third-order valence-corrected chi connectivity index (χ3v) is 1.47. The van der Waals surface area contributed by atoms with Crippen molar-refractivity contribution in [2.75, 3.05) is 20.7 Å². The third kappa shape index (κ3) is 7.56. The van der Waals surface area contributed by atoms with Gasteiger partial charge in [-0.3, -0.25) is 0 Å². The molecule has 0 spiro atoms. The van der Waals surface area contributed by atoms with E-state index in [4.69, 9.17) is 4.84 Å². The molecule has 0 heterocycles. The van der Waals surface area contributed by atoms with Crippen LogP contribution in [0.15, 0.2) is 24.4 Å². The molecule has 76 valence electrons. The Morgan fingerprint density at radius 2 is 2.23 bits per heavy atom. The number of hydrogen-bond donors (Lipinski definition) is 1. The number of likely N-dealkylation sites (N-methyl/N-ethyl adjacent to an activating group) is 1. The van der Waals surface area contributed by atoms with Crippen LogP contribution in [0, 0.1) is 0 Å². The summed E-state index contributed by atoms with van der Waals surface area (Å²) >= 11 is 0. The largest absolute Gasteiger partial charge is 0.383 e. The predicted octanol–water partition coefficient (Wildman–Crippen LogP) is 1.55. The van der Waals surface area contributed by atoms with Gasteiger partial charge in [0.15, 0.2) is 0 Å². The molecule has 3 nitrogen and oxygen atoms in total. The van der Waals surface area contributed by atoms with Crippen molar-refractivity contribution in [2.24, 2.45) is 0 Å². The highest BCUT2D eigenvalue weighted by Gasteiger charge is 1.92. The van der Waals surface area contributed by atoms with Gasteiger partial charge in [0.2, 0.25) is 0 Å². The van der Waals surface area contributed by atoms with E-state index in [-0.39, 0.29) is 0 Å². The molecule has 3 heteroatoms. The Bertz CT molecular complexity index is 176. The molecule has 0 aliphatic heterocycles. The lowest BCUT2D eigenvalue weighted by Crippen LogP contribution is -2.20. The first-order valence-corrected chi connectivity index (χ1v) is 4.43. The van der Waals surface area contributed by atoms with Crippen LogP contribution in [-0.4, -0.2) is 31.8 Å². The molecule has 0 aliphatic rings. The van der Waals surface area contributed by atoms with Crippen LogP contribution in [0.2, 0.25) is 0 Å². The number of nitrogens with zero attached hydrogens (tertiary/aromatic N) is 1. The fourth-order valence-electron chi connectivity index (χ4n) is 0.837. The molecule has 0 saturated heterocycles. The molecular formula is C10H20N2O. The minimum atomic E-state index is 0.428. The van der Waals surface area contributed by atoms with Crippen LogP contribution in [0.25, 0.3) is 0 Å². The summed E-state index contributed by atoms with van der Waals surface area (Å²) in [6.45, 7) is 8.79. The average Bonchev–Trinajstić information content (AvgIpc) is 2.02. The zero-order valence-corrected chi connectivity index (χ0v) is 9.00. The molecule has 0 unspecified atom stereocenters. The zero-order valence-electron chi connectivity index (χ0n) is 9.00. The molecule has 1 N–H and O–H groups in total. The van der Waals surface area contributed by atoms with Gasteiger partial charge in [0.1, 0.15) is 0 Å². The molecule has 0 aromatic carbocycles. The van der Waals surface area contributed by atoms with Crippen LogP contribution >= 0.6 is 0 Å². The molecule has 0 aliphatic carbocycles. The number of hydrogen-bond acceptors (Lipinski definition) is 3. The Balaban J connectivity index is 3.65. The molecule has 0 amide bonds. The molecule has 0 saturated carbocycles. The lowest BCUT2D eigenvalue weighted by Gasteiger charge is -2.11. The minimum absolute atomic E-state index is 0.428. The van der Waals surface area contributed by atoms with E-state index in [0.29, 0.717) is 6.04 Å². The van der Waals surface area contributed by atoms with Crippen molar-refractivity contribution in [1.82, 2.24) is 10.4 Å². The highest BCUT2D eigenvalue weighted by atomic mass is 16.7. The maximum atomic E-state index is 4.95. The first-order chi connectivity index (χ1) is 6.06.